The molecule has 1 aromatic heterocycles. The summed E-state index contributed by atoms with van der Waals surface area (Å²) in [5, 5.41) is 9.30. The zero-order chi connectivity index (χ0) is 22.8. The van der Waals surface area contributed by atoms with Gasteiger partial charge in [0.2, 0.25) is 0 Å². The molecule has 1 aliphatic heterocycles. The molecule has 0 bridgehead atoms. The lowest BCUT2D eigenvalue weighted by molar-refractivity contribution is 0.0519. The highest BCUT2D eigenvalue weighted by atomic mass is 19.1. The number of carbonyl (C=O) groups excluding carboxylic acids is 2. The van der Waals surface area contributed by atoms with Crippen LogP contribution in [0.25, 0.3) is 0 Å². The molecule has 0 aliphatic carbocycles. The first-order valence-electron chi connectivity index (χ1n) is 10.1. The second-order valence-corrected chi connectivity index (χ2v) is 8.01. The maximum Gasteiger partial charge on any atom is 0.356 e. The third-order valence-corrected chi connectivity index (χ3v) is 5.49. The van der Waals surface area contributed by atoms with Crippen LogP contribution in [0.2, 0.25) is 0 Å². The van der Waals surface area contributed by atoms with Gasteiger partial charge in [0, 0.05) is 12.1 Å². The van der Waals surface area contributed by atoms with Gasteiger partial charge >= 0.3 is 5.97 Å². The number of carbonyl (C=O) groups is 2. The van der Waals surface area contributed by atoms with E-state index in [-0.39, 0.29) is 35.5 Å². The van der Waals surface area contributed by atoms with Gasteiger partial charge in [-0.3, -0.25) is 4.79 Å². The van der Waals surface area contributed by atoms with Crippen LogP contribution in [0.15, 0.2) is 30.5 Å². The molecule has 0 unspecified atom stereocenters. The number of halogens is 1. The van der Waals surface area contributed by atoms with Gasteiger partial charge in [-0.15, -0.1) is 0 Å². The van der Waals surface area contributed by atoms with E-state index in [0.29, 0.717) is 24.1 Å². The van der Waals surface area contributed by atoms with Gasteiger partial charge in [0.15, 0.2) is 0 Å². The Balaban J connectivity index is 1.92. The van der Waals surface area contributed by atoms with Crippen LogP contribution in [0.4, 0.5) is 10.1 Å². The number of hydrogen-bond donors (Lipinski definition) is 1. The number of anilines is 1. The average molecular weight is 424 g/mol. The highest BCUT2D eigenvalue weighted by Crippen LogP contribution is 2.36. The molecule has 1 aliphatic rings. The third-order valence-electron chi connectivity index (χ3n) is 5.49. The number of nitrogen functional groups attached to an aromatic ring is 1. The summed E-state index contributed by atoms with van der Waals surface area (Å²) in [4.78, 5) is 30.8. The molecule has 162 valence electrons. The van der Waals surface area contributed by atoms with Crippen LogP contribution < -0.4 is 5.73 Å². The van der Waals surface area contributed by atoms with Crippen molar-refractivity contribution >= 4 is 17.6 Å². The van der Waals surface area contributed by atoms with Crippen molar-refractivity contribution in [2.24, 2.45) is 0 Å². The van der Waals surface area contributed by atoms with Gasteiger partial charge in [0.05, 0.1) is 41.6 Å². The van der Waals surface area contributed by atoms with Gasteiger partial charge < -0.3 is 15.4 Å². The second kappa shape index (κ2) is 8.72. The molecule has 3 rings (SSSR count). The van der Waals surface area contributed by atoms with Crippen molar-refractivity contribution in [3.05, 3.63) is 58.7 Å². The number of likely N-dealkylation sites (tertiary alicyclic amines) is 1. The number of nitrogens with zero attached hydrogens (tertiary/aromatic N) is 3. The van der Waals surface area contributed by atoms with E-state index in [1.165, 1.54) is 18.3 Å². The van der Waals surface area contributed by atoms with Crippen LogP contribution in [0.1, 0.15) is 71.6 Å². The van der Waals surface area contributed by atoms with E-state index in [4.69, 9.17) is 10.5 Å². The van der Waals surface area contributed by atoms with Crippen LogP contribution in [0.5, 0.6) is 0 Å². The Morgan fingerprint density at radius 3 is 2.77 bits per heavy atom. The molecule has 7 nitrogen and oxygen atoms in total. The number of esters is 1. The Kier molecular flexibility index (Phi) is 6.25. The fraction of sp³-hybridized carbons (Fsp3) is 0.391. The first kappa shape index (κ1) is 22.2. The Morgan fingerprint density at radius 1 is 1.39 bits per heavy atom. The van der Waals surface area contributed by atoms with Gasteiger partial charge in [-0.05, 0) is 51.3 Å². The molecule has 8 heteroatoms. The lowest BCUT2D eigenvalue weighted by Crippen LogP contribution is -2.31. The summed E-state index contributed by atoms with van der Waals surface area (Å²) >= 11 is 0. The zero-order valence-electron chi connectivity index (χ0n) is 17.8. The summed E-state index contributed by atoms with van der Waals surface area (Å²) in [5.41, 5.74) is 6.30. The van der Waals surface area contributed by atoms with Crippen molar-refractivity contribution in [3.63, 3.8) is 0 Å². The van der Waals surface area contributed by atoms with Crippen molar-refractivity contribution in [2.45, 2.75) is 45.1 Å². The monoisotopic (exact) mass is 424 g/mol. The average Bonchev–Trinajstić information content (AvgIpc) is 3.23. The molecular weight excluding hydrogens is 399 g/mol. The van der Waals surface area contributed by atoms with Gasteiger partial charge in [-0.2, -0.15) is 5.26 Å². The fourth-order valence-corrected chi connectivity index (χ4v) is 3.78. The molecule has 1 fully saturated rings. The number of nitriles is 1. The van der Waals surface area contributed by atoms with E-state index in [9.17, 15) is 19.2 Å². The minimum Gasteiger partial charge on any atom is -0.461 e. The number of aromatic nitrogens is 1. The fourth-order valence-electron chi connectivity index (χ4n) is 3.78. The van der Waals surface area contributed by atoms with Crippen LogP contribution >= 0.6 is 0 Å². The highest BCUT2D eigenvalue weighted by molar-refractivity contribution is 6.01. The summed E-state index contributed by atoms with van der Waals surface area (Å²) in [6, 6.07) is 7.86. The molecule has 2 heterocycles. The van der Waals surface area contributed by atoms with Gasteiger partial charge in [-0.1, -0.05) is 12.1 Å². The minimum atomic E-state index is -0.956. The molecule has 2 aromatic rings. The largest absolute Gasteiger partial charge is 0.461 e. The lowest BCUT2D eigenvalue weighted by Gasteiger charge is -2.27. The third kappa shape index (κ3) is 4.36. The van der Waals surface area contributed by atoms with Crippen molar-refractivity contribution in [2.75, 3.05) is 18.9 Å². The highest BCUT2D eigenvalue weighted by Gasteiger charge is 2.33. The minimum absolute atomic E-state index is 0.00396. The molecule has 1 amide bonds. The Labute approximate surface area is 180 Å². The molecule has 0 saturated carbocycles. The lowest BCUT2D eigenvalue weighted by atomic mass is 9.85. The van der Waals surface area contributed by atoms with Crippen LogP contribution in [-0.2, 0) is 10.2 Å². The van der Waals surface area contributed by atoms with Crippen molar-refractivity contribution < 1.29 is 18.7 Å². The quantitative estimate of drug-likeness (QED) is 0.732. The summed E-state index contributed by atoms with van der Waals surface area (Å²) in [6.45, 7) is 5.66. The maximum atomic E-state index is 14.8. The zero-order valence-corrected chi connectivity index (χ0v) is 17.8. The molecule has 1 saturated heterocycles. The second-order valence-electron chi connectivity index (χ2n) is 8.01. The number of hydrogen-bond acceptors (Lipinski definition) is 6. The molecular formula is C23H25FN4O3. The van der Waals surface area contributed by atoms with E-state index in [0.717, 1.165) is 6.42 Å². The number of ether oxygens (including phenoxy) is 1. The first-order valence-corrected chi connectivity index (χ1v) is 10.1. The van der Waals surface area contributed by atoms with E-state index < -0.39 is 17.2 Å². The number of amides is 1. The van der Waals surface area contributed by atoms with Gasteiger partial charge in [-0.25, -0.2) is 14.2 Å². The van der Waals surface area contributed by atoms with Gasteiger partial charge in [0.1, 0.15) is 11.5 Å². The molecule has 1 aromatic carbocycles. The predicted molar refractivity (Wildman–Crippen MR) is 113 cm³/mol. The normalized spacial score (nSPS) is 16.1. The van der Waals surface area contributed by atoms with Crippen molar-refractivity contribution in [1.82, 2.24) is 9.88 Å². The van der Waals surface area contributed by atoms with Crippen LogP contribution in [0.3, 0.4) is 0 Å². The summed E-state index contributed by atoms with van der Waals surface area (Å²) in [7, 11) is 0. The SMILES string of the molecule is CCOC(=O)c1cc(C(=O)N2CCC[C@@H]2c2ccc(C(C)(C)C#N)c(F)c2)c(N)cn1. The number of pyridine rings is 1. The van der Waals surface area contributed by atoms with Crippen LogP contribution in [-0.4, -0.2) is 34.9 Å². The van der Waals surface area contributed by atoms with E-state index in [2.05, 4.69) is 11.1 Å². The Hall–Kier alpha value is -3.47. The molecule has 0 radical (unpaired) electrons. The van der Waals surface area contributed by atoms with E-state index in [1.807, 2.05) is 0 Å². The topological polar surface area (TPSA) is 109 Å². The van der Waals surface area contributed by atoms with E-state index >= 15 is 0 Å². The number of nitrogens with two attached hydrogens (primary N) is 1. The van der Waals surface area contributed by atoms with Crippen LogP contribution in [0, 0.1) is 17.1 Å². The molecule has 31 heavy (non-hydrogen) atoms. The number of benzene rings is 1. The summed E-state index contributed by atoms with van der Waals surface area (Å²) in [6.07, 6.45) is 2.68. The first-order chi connectivity index (χ1) is 14.7. The predicted octanol–water partition coefficient (Wildman–Crippen LogP) is 3.76. The molecule has 1 atom stereocenters. The Bertz CT molecular complexity index is 1060. The number of rotatable bonds is 5. The van der Waals surface area contributed by atoms with E-state index in [1.54, 1.807) is 37.8 Å². The van der Waals surface area contributed by atoms with Crippen molar-refractivity contribution in [3.8, 4) is 6.07 Å². The molecule has 2 N–H and O–H groups in total. The van der Waals surface area contributed by atoms with Crippen molar-refractivity contribution in [1.29, 1.82) is 5.26 Å². The summed E-state index contributed by atoms with van der Waals surface area (Å²) in [5.74, 6) is -1.46. The van der Waals surface area contributed by atoms with Gasteiger partial charge in [0.25, 0.3) is 5.91 Å². The molecule has 0 spiro atoms. The smallest absolute Gasteiger partial charge is 0.356 e. The summed E-state index contributed by atoms with van der Waals surface area (Å²) < 4.78 is 19.7. The standard InChI is InChI=1S/C23H25FN4O3/c1-4-31-22(30)19-11-15(18(26)12-27-19)21(29)28-9-5-6-20(28)14-7-8-16(17(24)10-14)23(2,3)13-25/h7-8,10-12,20H,4-6,9,26H2,1-3H3/t20-/m1/s1. The Morgan fingerprint density at radius 2 is 2.13 bits per heavy atom. The maximum absolute atomic E-state index is 14.8.